The molecule has 0 saturated heterocycles. The van der Waals surface area contributed by atoms with Crippen molar-refractivity contribution >= 4 is 23.5 Å². The second kappa shape index (κ2) is 8.07. The predicted molar refractivity (Wildman–Crippen MR) is 80.6 cm³/mol. The summed E-state index contributed by atoms with van der Waals surface area (Å²) in [4.78, 5) is 17.7. The number of unbranched alkanes of at least 4 members (excludes halogenated alkanes) is 1. The van der Waals surface area contributed by atoms with E-state index < -0.39 is 0 Å². The number of nitrogens with zero attached hydrogens (tertiary/aromatic N) is 1. The first-order valence-electron chi connectivity index (χ1n) is 6.40. The molecule has 0 fully saturated rings. The maximum Gasteiger partial charge on any atom is 0.345 e. The van der Waals surface area contributed by atoms with E-state index in [4.69, 9.17) is 4.84 Å². The minimum Gasteiger partial charge on any atom is -0.306 e. The number of carbonyl (C=O) groups excluding carboxylic acids is 1. The lowest BCUT2D eigenvalue weighted by Crippen LogP contribution is -2.30. The third kappa shape index (κ3) is 5.12. The van der Waals surface area contributed by atoms with Crippen molar-refractivity contribution in [3.8, 4) is 0 Å². The molecule has 106 valence electrons. The van der Waals surface area contributed by atoms with Crippen molar-refractivity contribution in [2.75, 3.05) is 25.2 Å². The number of urea groups is 1. The molecule has 19 heavy (non-hydrogen) atoms. The van der Waals surface area contributed by atoms with Crippen LogP contribution in [0.1, 0.15) is 25.3 Å². The van der Waals surface area contributed by atoms with Crippen molar-refractivity contribution in [3.05, 3.63) is 23.8 Å². The molecule has 0 spiro atoms. The van der Waals surface area contributed by atoms with Gasteiger partial charge in [0.15, 0.2) is 0 Å². The first-order valence-corrected chi connectivity index (χ1v) is 7.39. The van der Waals surface area contributed by atoms with Gasteiger partial charge in [0.25, 0.3) is 0 Å². The first kappa shape index (κ1) is 15.9. The number of hydrogen-bond acceptors (Lipinski definition) is 3. The van der Waals surface area contributed by atoms with Crippen LogP contribution in [0, 0.1) is 6.92 Å². The number of hydrogen-bond donors (Lipinski definition) is 1. The van der Waals surface area contributed by atoms with Crippen LogP contribution in [0.15, 0.2) is 23.1 Å². The zero-order chi connectivity index (χ0) is 14.3. The number of amides is 2. The Kier molecular flexibility index (Phi) is 6.73. The van der Waals surface area contributed by atoms with E-state index in [0.717, 1.165) is 16.5 Å². The number of hydroxylamine groups is 2. The van der Waals surface area contributed by atoms with Gasteiger partial charge < -0.3 is 5.32 Å². The topological polar surface area (TPSA) is 41.6 Å². The molecule has 0 atom stereocenters. The molecule has 5 heteroatoms. The fraction of sp³-hybridized carbons (Fsp3) is 0.500. The molecular weight excluding hydrogens is 260 g/mol. The smallest absolute Gasteiger partial charge is 0.306 e. The minimum absolute atomic E-state index is 0.284. The monoisotopic (exact) mass is 282 g/mol. The molecule has 2 amide bonds. The zero-order valence-corrected chi connectivity index (χ0v) is 12.8. The Morgan fingerprint density at radius 1 is 1.47 bits per heavy atom. The Balaban J connectivity index is 2.63. The van der Waals surface area contributed by atoms with Crippen molar-refractivity contribution in [2.24, 2.45) is 0 Å². The van der Waals surface area contributed by atoms with Gasteiger partial charge >= 0.3 is 6.03 Å². The lowest BCUT2D eigenvalue weighted by atomic mass is 10.2. The average Bonchev–Trinajstić information content (AvgIpc) is 2.40. The fourth-order valence-corrected chi connectivity index (χ4v) is 2.60. The molecule has 0 aromatic heterocycles. The van der Waals surface area contributed by atoms with Gasteiger partial charge in [-0.05, 0) is 42.9 Å². The summed E-state index contributed by atoms with van der Waals surface area (Å²) in [6.07, 6.45) is 2.44. The molecule has 0 aliphatic carbocycles. The Hall–Kier alpha value is -1.20. The van der Waals surface area contributed by atoms with Crippen LogP contribution >= 0.6 is 11.8 Å². The molecular formula is C14H22N2O2S. The van der Waals surface area contributed by atoms with E-state index in [1.165, 1.54) is 30.4 Å². The molecule has 0 unspecified atom stereocenters. The van der Waals surface area contributed by atoms with Crippen LogP contribution in [0.25, 0.3) is 0 Å². The van der Waals surface area contributed by atoms with Gasteiger partial charge in [0, 0.05) is 17.6 Å². The molecule has 1 N–H and O–H groups in total. The molecule has 0 saturated carbocycles. The minimum atomic E-state index is -0.284. The summed E-state index contributed by atoms with van der Waals surface area (Å²) in [6, 6.07) is 5.67. The predicted octanol–water partition coefficient (Wildman–Crippen LogP) is 3.91. The second-order valence-corrected chi connectivity index (χ2v) is 5.43. The highest BCUT2D eigenvalue weighted by Gasteiger charge is 2.08. The molecule has 1 aromatic carbocycles. The van der Waals surface area contributed by atoms with Crippen LogP contribution in [-0.2, 0) is 4.84 Å². The number of thioether (sulfide) groups is 1. The third-order valence-corrected chi connectivity index (χ3v) is 4.00. The summed E-state index contributed by atoms with van der Waals surface area (Å²) in [7, 11) is 3.02. The summed E-state index contributed by atoms with van der Waals surface area (Å²) in [5.41, 5.74) is 1.96. The summed E-state index contributed by atoms with van der Waals surface area (Å²) in [6.45, 7) is 4.25. The largest absolute Gasteiger partial charge is 0.345 e. The normalized spacial score (nSPS) is 10.3. The van der Waals surface area contributed by atoms with Crippen molar-refractivity contribution < 1.29 is 9.63 Å². The molecule has 1 rings (SSSR count). The highest BCUT2D eigenvalue weighted by molar-refractivity contribution is 7.99. The molecule has 0 aliphatic heterocycles. The number of nitrogens with one attached hydrogen (secondary N) is 1. The van der Waals surface area contributed by atoms with E-state index in [-0.39, 0.29) is 6.03 Å². The summed E-state index contributed by atoms with van der Waals surface area (Å²) in [5, 5.41) is 3.93. The number of aryl methyl sites for hydroxylation is 1. The van der Waals surface area contributed by atoms with E-state index in [1.54, 1.807) is 7.05 Å². The molecule has 0 bridgehead atoms. The maximum atomic E-state index is 11.6. The Morgan fingerprint density at radius 2 is 2.21 bits per heavy atom. The van der Waals surface area contributed by atoms with E-state index in [2.05, 4.69) is 25.2 Å². The maximum absolute atomic E-state index is 11.6. The number of anilines is 1. The number of benzene rings is 1. The van der Waals surface area contributed by atoms with E-state index >= 15 is 0 Å². The molecule has 4 nitrogen and oxygen atoms in total. The molecule has 0 heterocycles. The van der Waals surface area contributed by atoms with Gasteiger partial charge in [0.05, 0.1) is 7.11 Å². The summed E-state index contributed by atoms with van der Waals surface area (Å²) < 4.78 is 0. The standard InChI is InChI=1S/C14H22N2O2S/c1-5-6-9-19-13-8-7-12(10-11(13)2)15-14(17)16(3)18-4/h7-8,10H,5-6,9H2,1-4H3,(H,15,17). The SMILES string of the molecule is CCCCSc1ccc(NC(=O)N(C)OC)cc1C. The summed E-state index contributed by atoms with van der Waals surface area (Å²) in [5.74, 6) is 1.13. The lowest BCUT2D eigenvalue weighted by Gasteiger charge is -2.15. The highest BCUT2D eigenvalue weighted by Crippen LogP contribution is 2.26. The van der Waals surface area contributed by atoms with Crippen molar-refractivity contribution in [1.82, 2.24) is 5.06 Å². The third-order valence-electron chi connectivity index (χ3n) is 2.74. The van der Waals surface area contributed by atoms with Crippen LogP contribution in [0.4, 0.5) is 10.5 Å². The number of carbonyl (C=O) groups is 1. The number of rotatable bonds is 6. The van der Waals surface area contributed by atoms with Gasteiger partial charge in [0.1, 0.15) is 0 Å². The van der Waals surface area contributed by atoms with Gasteiger partial charge in [-0.15, -0.1) is 11.8 Å². The fourth-order valence-electron chi connectivity index (χ4n) is 1.50. The van der Waals surface area contributed by atoms with Crippen LogP contribution < -0.4 is 5.32 Å². The van der Waals surface area contributed by atoms with Crippen molar-refractivity contribution in [3.63, 3.8) is 0 Å². The Labute approximate surface area is 119 Å². The molecule has 1 aromatic rings. The van der Waals surface area contributed by atoms with Crippen molar-refractivity contribution in [1.29, 1.82) is 0 Å². The van der Waals surface area contributed by atoms with Crippen LogP contribution in [0.2, 0.25) is 0 Å². The van der Waals surface area contributed by atoms with Gasteiger partial charge in [-0.25, -0.2) is 9.86 Å². The van der Waals surface area contributed by atoms with Crippen LogP contribution in [-0.4, -0.2) is 31.0 Å². The molecule has 0 radical (unpaired) electrons. The van der Waals surface area contributed by atoms with E-state index in [9.17, 15) is 4.79 Å². The van der Waals surface area contributed by atoms with Gasteiger partial charge in [0.2, 0.25) is 0 Å². The van der Waals surface area contributed by atoms with E-state index in [0.29, 0.717) is 0 Å². The van der Waals surface area contributed by atoms with Gasteiger partial charge in [-0.3, -0.25) is 4.84 Å². The zero-order valence-electron chi connectivity index (χ0n) is 12.0. The quantitative estimate of drug-likeness (QED) is 0.488. The summed E-state index contributed by atoms with van der Waals surface area (Å²) >= 11 is 1.86. The first-order chi connectivity index (χ1) is 9.08. The van der Waals surface area contributed by atoms with E-state index in [1.807, 2.05) is 23.9 Å². The Bertz CT molecular complexity index is 424. The lowest BCUT2D eigenvalue weighted by molar-refractivity contribution is -0.0598. The van der Waals surface area contributed by atoms with Crippen LogP contribution in [0.3, 0.4) is 0 Å². The van der Waals surface area contributed by atoms with Crippen LogP contribution in [0.5, 0.6) is 0 Å². The van der Waals surface area contributed by atoms with Gasteiger partial charge in [-0.2, -0.15) is 0 Å². The second-order valence-electron chi connectivity index (χ2n) is 4.29. The van der Waals surface area contributed by atoms with Gasteiger partial charge in [-0.1, -0.05) is 13.3 Å². The van der Waals surface area contributed by atoms with Crippen molar-refractivity contribution in [2.45, 2.75) is 31.6 Å². The Morgan fingerprint density at radius 3 is 2.79 bits per heavy atom. The highest BCUT2D eigenvalue weighted by atomic mass is 32.2. The molecule has 0 aliphatic rings. The average molecular weight is 282 g/mol.